The highest BCUT2D eigenvalue weighted by Crippen LogP contribution is 2.15. The van der Waals surface area contributed by atoms with E-state index in [0.717, 1.165) is 0 Å². The molecule has 0 radical (unpaired) electrons. The van der Waals surface area contributed by atoms with Crippen molar-refractivity contribution in [1.29, 1.82) is 0 Å². The fraction of sp³-hybridized carbons (Fsp3) is 1.00. The quantitative estimate of drug-likeness (QED) is 0.521. The molecule has 0 aliphatic carbocycles. The largest absolute Gasteiger partial charge is 0.382 e. The monoisotopic (exact) mass is 220 g/mol. The first-order valence-corrected chi connectivity index (χ1v) is 5.26. The van der Waals surface area contributed by atoms with E-state index in [0.29, 0.717) is 39.6 Å². The summed E-state index contributed by atoms with van der Waals surface area (Å²) in [5.41, 5.74) is 0.0431. The van der Waals surface area contributed by atoms with Crippen LogP contribution in [0.5, 0.6) is 0 Å². The molecule has 0 aromatic heterocycles. The van der Waals surface area contributed by atoms with Gasteiger partial charge in [0, 0.05) is 19.6 Å². The van der Waals surface area contributed by atoms with Crippen molar-refractivity contribution in [2.75, 3.05) is 53.9 Å². The Hall–Kier alpha value is -0.160. The van der Waals surface area contributed by atoms with Crippen LogP contribution in [0.1, 0.15) is 13.8 Å². The molecule has 0 atom stereocenters. The summed E-state index contributed by atoms with van der Waals surface area (Å²) in [6.45, 7) is 8.16. The number of hydrogen-bond acceptors (Lipinski definition) is 4. The third kappa shape index (κ3) is 10.1. The van der Waals surface area contributed by atoms with Crippen LogP contribution in [0.15, 0.2) is 0 Å². The van der Waals surface area contributed by atoms with E-state index in [1.807, 2.05) is 0 Å². The van der Waals surface area contributed by atoms with Crippen LogP contribution in [-0.2, 0) is 18.9 Å². The number of ether oxygens (including phenoxy) is 4. The summed E-state index contributed by atoms with van der Waals surface area (Å²) in [5, 5.41) is 0. The molecule has 0 spiro atoms. The van der Waals surface area contributed by atoms with Crippen LogP contribution in [0, 0.1) is 5.41 Å². The Balaban J connectivity index is 3.40. The van der Waals surface area contributed by atoms with E-state index in [1.54, 1.807) is 14.2 Å². The lowest BCUT2D eigenvalue weighted by Crippen LogP contribution is -2.27. The predicted molar refractivity (Wildman–Crippen MR) is 59.2 cm³/mol. The summed E-state index contributed by atoms with van der Waals surface area (Å²) in [6.07, 6.45) is 0. The van der Waals surface area contributed by atoms with Crippen molar-refractivity contribution in [2.45, 2.75) is 13.8 Å². The Bertz CT molecular complexity index is 123. The van der Waals surface area contributed by atoms with Gasteiger partial charge in [0.25, 0.3) is 0 Å². The minimum Gasteiger partial charge on any atom is -0.382 e. The van der Waals surface area contributed by atoms with Crippen LogP contribution < -0.4 is 0 Å². The fourth-order valence-corrected chi connectivity index (χ4v) is 1.02. The number of rotatable bonds is 10. The molecular formula is C11H24O4. The lowest BCUT2D eigenvalue weighted by molar-refractivity contribution is -0.0254. The molecule has 0 saturated carbocycles. The molecule has 4 nitrogen and oxygen atoms in total. The Morgan fingerprint density at radius 3 is 1.47 bits per heavy atom. The first-order chi connectivity index (χ1) is 7.12. The molecule has 92 valence electrons. The van der Waals surface area contributed by atoms with Crippen LogP contribution in [0.25, 0.3) is 0 Å². The van der Waals surface area contributed by atoms with Crippen molar-refractivity contribution >= 4 is 0 Å². The molecular weight excluding hydrogens is 196 g/mol. The minimum atomic E-state index is 0.0431. The highest BCUT2D eigenvalue weighted by atomic mass is 16.5. The smallest absolute Gasteiger partial charge is 0.0700 e. The van der Waals surface area contributed by atoms with Gasteiger partial charge in [-0.3, -0.25) is 0 Å². The topological polar surface area (TPSA) is 36.9 Å². The highest BCUT2D eigenvalue weighted by Gasteiger charge is 2.18. The van der Waals surface area contributed by atoms with Gasteiger partial charge in [0.1, 0.15) is 0 Å². The molecule has 0 N–H and O–H groups in total. The van der Waals surface area contributed by atoms with Crippen LogP contribution in [0.2, 0.25) is 0 Å². The summed E-state index contributed by atoms with van der Waals surface area (Å²) >= 11 is 0. The summed E-state index contributed by atoms with van der Waals surface area (Å²) < 4.78 is 20.7. The first kappa shape index (κ1) is 14.8. The average Bonchev–Trinajstić information content (AvgIpc) is 2.20. The number of methoxy groups -OCH3 is 2. The van der Waals surface area contributed by atoms with Gasteiger partial charge in [-0.05, 0) is 0 Å². The number of hydrogen-bond donors (Lipinski definition) is 0. The normalized spacial score (nSPS) is 12.0. The van der Waals surface area contributed by atoms with E-state index in [1.165, 1.54) is 0 Å². The van der Waals surface area contributed by atoms with E-state index < -0.39 is 0 Å². The molecule has 0 heterocycles. The zero-order valence-corrected chi connectivity index (χ0v) is 10.4. The molecule has 0 aliphatic rings. The van der Waals surface area contributed by atoms with E-state index in [4.69, 9.17) is 18.9 Å². The summed E-state index contributed by atoms with van der Waals surface area (Å²) in [7, 11) is 3.34. The Morgan fingerprint density at radius 1 is 0.733 bits per heavy atom. The molecule has 0 amide bonds. The summed E-state index contributed by atoms with van der Waals surface area (Å²) in [4.78, 5) is 0. The molecule has 0 aromatic carbocycles. The first-order valence-electron chi connectivity index (χ1n) is 5.26. The molecule has 0 unspecified atom stereocenters. The van der Waals surface area contributed by atoms with Crippen LogP contribution in [0.4, 0.5) is 0 Å². The van der Waals surface area contributed by atoms with Gasteiger partial charge in [-0.15, -0.1) is 0 Å². The molecule has 15 heavy (non-hydrogen) atoms. The van der Waals surface area contributed by atoms with Gasteiger partial charge >= 0.3 is 0 Å². The maximum Gasteiger partial charge on any atom is 0.0700 e. The van der Waals surface area contributed by atoms with Gasteiger partial charge in [-0.1, -0.05) is 13.8 Å². The predicted octanol–water partition coefficient (Wildman–Crippen LogP) is 1.34. The van der Waals surface area contributed by atoms with Gasteiger partial charge in [-0.25, -0.2) is 0 Å². The van der Waals surface area contributed by atoms with Crippen molar-refractivity contribution in [3.05, 3.63) is 0 Å². The second-order valence-electron chi connectivity index (χ2n) is 4.25. The highest BCUT2D eigenvalue weighted by molar-refractivity contribution is 4.66. The van der Waals surface area contributed by atoms with Crippen LogP contribution in [-0.4, -0.2) is 53.9 Å². The third-order valence-electron chi connectivity index (χ3n) is 1.85. The van der Waals surface area contributed by atoms with E-state index in [-0.39, 0.29) is 5.41 Å². The maximum absolute atomic E-state index is 5.46. The van der Waals surface area contributed by atoms with Crippen molar-refractivity contribution in [2.24, 2.45) is 5.41 Å². The molecule has 0 saturated heterocycles. The third-order valence-corrected chi connectivity index (χ3v) is 1.85. The zero-order chi connectivity index (χ0) is 11.6. The van der Waals surface area contributed by atoms with Gasteiger partial charge in [-0.2, -0.15) is 0 Å². The van der Waals surface area contributed by atoms with E-state index in [9.17, 15) is 0 Å². The van der Waals surface area contributed by atoms with Crippen LogP contribution in [0.3, 0.4) is 0 Å². The Kier molecular flexibility index (Phi) is 9.00. The second-order valence-corrected chi connectivity index (χ2v) is 4.25. The molecule has 0 bridgehead atoms. The zero-order valence-electron chi connectivity index (χ0n) is 10.4. The van der Waals surface area contributed by atoms with Crippen molar-refractivity contribution in [1.82, 2.24) is 0 Å². The van der Waals surface area contributed by atoms with E-state index >= 15 is 0 Å². The molecule has 0 aromatic rings. The Labute approximate surface area is 92.8 Å². The van der Waals surface area contributed by atoms with Gasteiger partial charge in [0.2, 0.25) is 0 Å². The standard InChI is InChI=1S/C11H24O4/c1-11(2,9-14-7-5-12-3)10-15-8-6-13-4/h5-10H2,1-4H3. The SMILES string of the molecule is COCCOCC(C)(C)COCCOC. The van der Waals surface area contributed by atoms with Gasteiger partial charge < -0.3 is 18.9 Å². The summed E-state index contributed by atoms with van der Waals surface area (Å²) in [6, 6.07) is 0. The van der Waals surface area contributed by atoms with E-state index in [2.05, 4.69) is 13.8 Å². The molecule has 0 fully saturated rings. The van der Waals surface area contributed by atoms with Gasteiger partial charge in [0.15, 0.2) is 0 Å². The molecule has 0 aliphatic heterocycles. The van der Waals surface area contributed by atoms with Gasteiger partial charge in [0.05, 0.1) is 39.6 Å². The Morgan fingerprint density at radius 2 is 1.13 bits per heavy atom. The second kappa shape index (κ2) is 9.09. The summed E-state index contributed by atoms with van der Waals surface area (Å²) in [5.74, 6) is 0. The lowest BCUT2D eigenvalue weighted by atomic mass is 9.96. The molecule has 4 heteroatoms. The maximum atomic E-state index is 5.46. The minimum absolute atomic E-state index is 0.0431. The average molecular weight is 220 g/mol. The van der Waals surface area contributed by atoms with Crippen LogP contribution >= 0.6 is 0 Å². The van der Waals surface area contributed by atoms with Crippen molar-refractivity contribution < 1.29 is 18.9 Å². The lowest BCUT2D eigenvalue weighted by Gasteiger charge is -2.24. The van der Waals surface area contributed by atoms with Crippen molar-refractivity contribution in [3.63, 3.8) is 0 Å². The fourth-order valence-electron chi connectivity index (χ4n) is 1.02. The van der Waals surface area contributed by atoms with Crippen molar-refractivity contribution in [3.8, 4) is 0 Å². The molecule has 0 rings (SSSR count).